The summed E-state index contributed by atoms with van der Waals surface area (Å²) in [6.45, 7) is 2.99. The van der Waals surface area contributed by atoms with E-state index in [1.165, 1.54) is 25.9 Å². The molecule has 5 nitrogen and oxygen atoms in total. The molecule has 1 heterocycles. The molecule has 1 aliphatic heterocycles. The van der Waals surface area contributed by atoms with Crippen molar-refractivity contribution in [1.29, 1.82) is 0 Å². The van der Waals surface area contributed by atoms with Gasteiger partial charge < -0.3 is 19.7 Å². The minimum Gasteiger partial charge on any atom is -0.550 e. The first-order valence-corrected chi connectivity index (χ1v) is 9.67. The summed E-state index contributed by atoms with van der Waals surface area (Å²) >= 11 is 0. The molecular weight excluding hydrogens is 328 g/mol. The standard InChI is InChI=1S/C21H30N2O3/c1-23(2)11-8-16(9-12-23)7-10-22-20(26)21(15-19(24)25)13-17-5-3-4-6-18(17)14-21/h3-6,16H,7-15H2,1-2H3,(H-,22,24,25,26). The van der Waals surface area contributed by atoms with E-state index in [4.69, 9.17) is 0 Å². The van der Waals surface area contributed by atoms with E-state index in [1.54, 1.807) is 0 Å². The van der Waals surface area contributed by atoms with Crippen molar-refractivity contribution in [2.24, 2.45) is 11.3 Å². The van der Waals surface area contributed by atoms with Crippen LogP contribution in [0.15, 0.2) is 24.3 Å². The fraction of sp³-hybridized carbons (Fsp3) is 0.619. The van der Waals surface area contributed by atoms with Gasteiger partial charge in [-0.05, 0) is 49.1 Å². The third-order valence-corrected chi connectivity index (χ3v) is 6.26. The van der Waals surface area contributed by atoms with Crippen molar-refractivity contribution in [1.82, 2.24) is 5.32 Å². The van der Waals surface area contributed by atoms with E-state index in [9.17, 15) is 14.7 Å². The summed E-state index contributed by atoms with van der Waals surface area (Å²) in [5, 5.41) is 14.3. The van der Waals surface area contributed by atoms with E-state index in [1.807, 2.05) is 24.3 Å². The zero-order valence-corrected chi connectivity index (χ0v) is 15.9. The molecule has 0 saturated carbocycles. The van der Waals surface area contributed by atoms with Crippen molar-refractivity contribution in [3.05, 3.63) is 35.4 Å². The number of quaternary nitrogens is 1. The summed E-state index contributed by atoms with van der Waals surface area (Å²) in [4.78, 5) is 24.2. The molecular formula is C21H30N2O3. The van der Waals surface area contributed by atoms with Crippen LogP contribution in [0.4, 0.5) is 0 Å². The average molecular weight is 358 g/mol. The summed E-state index contributed by atoms with van der Waals surface area (Å²) in [6, 6.07) is 7.85. The van der Waals surface area contributed by atoms with Crippen LogP contribution in [0.5, 0.6) is 0 Å². The second-order valence-corrected chi connectivity index (χ2v) is 8.82. The van der Waals surface area contributed by atoms with E-state index in [0.717, 1.165) is 22.0 Å². The number of aliphatic carboxylic acids is 1. The summed E-state index contributed by atoms with van der Waals surface area (Å²) < 4.78 is 1.08. The van der Waals surface area contributed by atoms with Crippen molar-refractivity contribution in [2.45, 2.75) is 38.5 Å². The first-order chi connectivity index (χ1) is 12.3. The lowest BCUT2D eigenvalue weighted by Gasteiger charge is -2.37. The molecule has 1 N–H and O–H groups in total. The summed E-state index contributed by atoms with van der Waals surface area (Å²) in [5.41, 5.74) is 1.26. The number of rotatable bonds is 6. The summed E-state index contributed by atoms with van der Waals surface area (Å²) in [7, 11) is 4.53. The normalized spacial score (nSPS) is 21.2. The molecule has 5 heteroatoms. The highest BCUT2D eigenvalue weighted by Gasteiger charge is 2.43. The topological polar surface area (TPSA) is 69.2 Å². The zero-order chi connectivity index (χ0) is 18.8. The molecule has 1 fully saturated rings. The minimum atomic E-state index is -1.15. The largest absolute Gasteiger partial charge is 0.550 e. The van der Waals surface area contributed by atoms with E-state index in [0.29, 0.717) is 25.3 Å². The van der Waals surface area contributed by atoms with Crippen LogP contribution in [0.3, 0.4) is 0 Å². The second kappa shape index (κ2) is 7.39. The lowest BCUT2D eigenvalue weighted by molar-refractivity contribution is -0.896. The van der Waals surface area contributed by atoms with Gasteiger partial charge in [0.1, 0.15) is 0 Å². The van der Waals surface area contributed by atoms with E-state index >= 15 is 0 Å². The van der Waals surface area contributed by atoms with Gasteiger partial charge in [0, 0.05) is 18.9 Å². The first kappa shape index (κ1) is 18.9. The molecule has 1 saturated heterocycles. The van der Waals surface area contributed by atoms with Gasteiger partial charge in [0.25, 0.3) is 0 Å². The molecule has 0 bridgehead atoms. The highest BCUT2D eigenvalue weighted by Crippen LogP contribution is 2.40. The Morgan fingerprint density at radius 3 is 2.27 bits per heavy atom. The third kappa shape index (κ3) is 4.26. The number of hydrogen-bond acceptors (Lipinski definition) is 3. The van der Waals surface area contributed by atoms with Crippen LogP contribution in [0, 0.1) is 11.3 Å². The Labute approximate surface area is 156 Å². The molecule has 0 atom stereocenters. The SMILES string of the molecule is C[N+]1(C)CCC(CCNC(=O)C2(CC(=O)[O-])Cc3ccccc3C2)CC1. The smallest absolute Gasteiger partial charge is 0.227 e. The van der Waals surface area contributed by atoms with Crippen molar-refractivity contribution in [2.75, 3.05) is 33.7 Å². The molecule has 0 radical (unpaired) electrons. The minimum absolute atomic E-state index is 0.134. The zero-order valence-electron chi connectivity index (χ0n) is 15.9. The predicted octanol–water partition coefficient (Wildman–Crippen LogP) is 0.904. The van der Waals surface area contributed by atoms with Gasteiger partial charge in [-0.15, -0.1) is 0 Å². The van der Waals surface area contributed by atoms with Gasteiger partial charge in [0.05, 0.1) is 32.6 Å². The Morgan fingerprint density at radius 2 is 1.73 bits per heavy atom. The molecule has 3 rings (SSSR count). The van der Waals surface area contributed by atoms with E-state index in [-0.39, 0.29) is 12.3 Å². The van der Waals surface area contributed by atoms with Crippen molar-refractivity contribution >= 4 is 11.9 Å². The quantitative estimate of drug-likeness (QED) is 0.769. The van der Waals surface area contributed by atoms with E-state index < -0.39 is 11.4 Å². The van der Waals surface area contributed by atoms with Crippen LogP contribution in [-0.2, 0) is 22.4 Å². The first-order valence-electron chi connectivity index (χ1n) is 9.67. The van der Waals surface area contributed by atoms with Crippen LogP contribution in [0.1, 0.15) is 36.8 Å². The molecule has 2 aliphatic rings. The van der Waals surface area contributed by atoms with Crippen molar-refractivity contribution in [3.8, 4) is 0 Å². The van der Waals surface area contributed by atoms with Gasteiger partial charge in [-0.2, -0.15) is 0 Å². The maximum Gasteiger partial charge on any atom is 0.227 e. The molecule has 0 unspecified atom stereocenters. The maximum absolute atomic E-state index is 12.9. The highest BCUT2D eigenvalue weighted by molar-refractivity contribution is 5.88. The molecule has 0 spiro atoms. The number of hydrogen-bond donors (Lipinski definition) is 1. The van der Waals surface area contributed by atoms with Crippen LogP contribution in [-0.4, -0.2) is 50.1 Å². The summed E-state index contributed by atoms with van der Waals surface area (Å²) in [5.74, 6) is -0.635. The van der Waals surface area contributed by atoms with Crippen molar-refractivity contribution in [3.63, 3.8) is 0 Å². The van der Waals surface area contributed by atoms with Gasteiger partial charge >= 0.3 is 0 Å². The van der Waals surface area contributed by atoms with E-state index in [2.05, 4.69) is 19.4 Å². The predicted molar refractivity (Wildman–Crippen MR) is 98.1 cm³/mol. The number of piperidine rings is 1. The van der Waals surface area contributed by atoms with Crippen molar-refractivity contribution < 1.29 is 19.2 Å². The lowest BCUT2D eigenvalue weighted by atomic mass is 9.80. The lowest BCUT2D eigenvalue weighted by Crippen LogP contribution is -2.47. The fourth-order valence-electron chi connectivity index (χ4n) is 4.52. The van der Waals surface area contributed by atoms with Gasteiger partial charge in [-0.1, -0.05) is 24.3 Å². The van der Waals surface area contributed by atoms with Gasteiger partial charge in [0.15, 0.2) is 0 Å². The Morgan fingerprint density at radius 1 is 1.15 bits per heavy atom. The number of benzene rings is 1. The average Bonchev–Trinajstić information content (AvgIpc) is 2.94. The third-order valence-electron chi connectivity index (χ3n) is 6.26. The number of carbonyl (C=O) groups excluding carboxylic acids is 2. The highest BCUT2D eigenvalue weighted by atomic mass is 16.4. The molecule has 1 aromatic rings. The Balaban J connectivity index is 1.57. The Hall–Kier alpha value is -1.88. The maximum atomic E-state index is 12.9. The monoisotopic (exact) mass is 358 g/mol. The number of fused-ring (bicyclic) bond motifs is 1. The molecule has 1 aromatic carbocycles. The Bertz CT molecular complexity index is 649. The number of nitrogens with one attached hydrogen (secondary N) is 1. The van der Waals surface area contributed by atoms with Gasteiger partial charge in [-0.25, -0.2) is 0 Å². The van der Waals surface area contributed by atoms with Gasteiger partial charge in [-0.3, -0.25) is 4.79 Å². The molecule has 1 aliphatic carbocycles. The molecule has 26 heavy (non-hydrogen) atoms. The number of likely N-dealkylation sites (tertiary alicyclic amines) is 1. The van der Waals surface area contributed by atoms with Crippen LogP contribution < -0.4 is 10.4 Å². The van der Waals surface area contributed by atoms with Gasteiger partial charge in [0.2, 0.25) is 5.91 Å². The second-order valence-electron chi connectivity index (χ2n) is 8.82. The summed E-state index contributed by atoms with van der Waals surface area (Å²) in [6.07, 6.45) is 4.11. The number of carboxylic acids is 1. The molecule has 0 aromatic heterocycles. The van der Waals surface area contributed by atoms with Crippen LogP contribution in [0.25, 0.3) is 0 Å². The fourth-order valence-corrected chi connectivity index (χ4v) is 4.52. The van der Waals surface area contributed by atoms with Crippen LogP contribution >= 0.6 is 0 Å². The number of amides is 1. The molecule has 142 valence electrons. The van der Waals surface area contributed by atoms with Crippen LogP contribution in [0.2, 0.25) is 0 Å². The Kier molecular flexibility index (Phi) is 5.37. The number of carbonyl (C=O) groups is 2. The number of carboxylic acid groups (broad SMARTS) is 1. The number of nitrogens with zero attached hydrogens (tertiary/aromatic N) is 1. The molecule has 1 amide bonds.